The van der Waals surface area contributed by atoms with Crippen LogP contribution in [0.5, 0.6) is 0 Å². The first-order chi connectivity index (χ1) is 22.0. The van der Waals surface area contributed by atoms with E-state index in [1.807, 2.05) is 27.7 Å². The SMILES string of the molecule is CC(C)C[C@H](CNC(=O)O[C@@H](OC(=O)C(C)C)C(C)C)CC(=O)[O-].CC(C)C[C@H](CNC(=O)O[C@@H](OC(=O)C(C)C)C(C)C)CC(=O)[O-].[Ca+2]. The Kier molecular flexibility index (Phi) is 28.6. The maximum atomic E-state index is 11.9. The predicted molar refractivity (Wildman–Crippen MR) is 179 cm³/mol. The number of hydrogen-bond acceptors (Lipinski definition) is 12. The fraction of sp³-hybridized carbons (Fsp3) is 0.824. The minimum absolute atomic E-state index is 0. The Bertz CT molecular complexity index is 924. The fourth-order valence-electron chi connectivity index (χ4n) is 4.13. The Balaban J connectivity index is -0.000000846. The zero-order valence-corrected chi connectivity index (χ0v) is 33.8. The molecular formula is C34H60CaN2O12. The number of hydrogen-bond donors (Lipinski definition) is 2. The summed E-state index contributed by atoms with van der Waals surface area (Å²) in [5, 5.41) is 26.6. The van der Waals surface area contributed by atoms with Crippen molar-refractivity contribution in [2.24, 2.45) is 47.3 Å². The summed E-state index contributed by atoms with van der Waals surface area (Å²) >= 11 is 0. The normalized spacial score (nSPS) is 13.4. The number of amides is 2. The molecule has 0 spiro atoms. The van der Waals surface area contributed by atoms with E-state index in [1.165, 1.54) is 0 Å². The molecule has 0 aliphatic heterocycles. The molecule has 0 aromatic heterocycles. The molecule has 0 fully saturated rings. The molecule has 0 radical (unpaired) electrons. The zero-order chi connectivity index (χ0) is 37.7. The summed E-state index contributed by atoms with van der Waals surface area (Å²) in [6.45, 7) is 22.0. The van der Waals surface area contributed by atoms with E-state index in [0.29, 0.717) is 24.7 Å². The second-order valence-electron chi connectivity index (χ2n) is 14.1. The van der Waals surface area contributed by atoms with Gasteiger partial charge in [-0.15, -0.1) is 0 Å². The zero-order valence-electron chi connectivity index (χ0n) is 31.6. The van der Waals surface area contributed by atoms with Crippen LogP contribution in [0, 0.1) is 47.3 Å². The van der Waals surface area contributed by atoms with Crippen molar-refractivity contribution in [3.8, 4) is 0 Å². The minimum Gasteiger partial charge on any atom is -0.550 e. The Morgan fingerprint density at radius 3 is 1.00 bits per heavy atom. The van der Waals surface area contributed by atoms with Gasteiger partial charge in [-0.2, -0.15) is 0 Å². The molecule has 0 heterocycles. The molecule has 14 nitrogen and oxygen atoms in total. The maximum absolute atomic E-state index is 11.9. The van der Waals surface area contributed by atoms with Crippen LogP contribution in [0.15, 0.2) is 0 Å². The number of carboxylic acid groups (broad SMARTS) is 2. The van der Waals surface area contributed by atoms with Crippen LogP contribution >= 0.6 is 0 Å². The molecule has 0 saturated carbocycles. The van der Waals surface area contributed by atoms with Crippen molar-refractivity contribution < 1.29 is 57.9 Å². The third-order valence-electron chi connectivity index (χ3n) is 6.53. The van der Waals surface area contributed by atoms with Gasteiger partial charge in [-0.1, -0.05) is 83.1 Å². The van der Waals surface area contributed by atoms with Crippen LogP contribution in [-0.2, 0) is 38.1 Å². The fourth-order valence-corrected chi connectivity index (χ4v) is 4.13. The monoisotopic (exact) mass is 728 g/mol. The predicted octanol–water partition coefficient (Wildman–Crippen LogP) is 3.01. The van der Waals surface area contributed by atoms with Crippen molar-refractivity contribution in [2.45, 2.75) is 121 Å². The average Bonchev–Trinajstić information content (AvgIpc) is 2.92. The Hall–Kier alpha value is -2.32. The number of carboxylic acids is 2. The standard InChI is InChI=1S/2C17H31NO6.Ca/c2*1-10(2)7-13(8-14(19)20)9-18-17(22)24-16(12(5)6)23-15(21)11(3)4;/h2*10-13,16H,7-9H2,1-6H3,(H,18,22)(H,19,20);/q;;+2/p-2/t2*13-,16+;/m00./s1. The number of nitrogens with one attached hydrogen (secondary N) is 2. The van der Waals surface area contributed by atoms with Crippen LogP contribution in [0.4, 0.5) is 9.59 Å². The second kappa shape index (κ2) is 27.4. The number of ether oxygens (including phenoxy) is 4. The second-order valence-corrected chi connectivity index (χ2v) is 14.1. The van der Waals surface area contributed by atoms with E-state index in [-0.39, 0.29) is 99.2 Å². The van der Waals surface area contributed by atoms with Gasteiger partial charge in [-0.05, 0) is 49.4 Å². The van der Waals surface area contributed by atoms with Crippen LogP contribution in [0.3, 0.4) is 0 Å². The molecule has 0 bridgehead atoms. The minimum atomic E-state index is -1.15. The third-order valence-corrected chi connectivity index (χ3v) is 6.53. The van der Waals surface area contributed by atoms with Crippen LogP contribution in [0.2, 0.25) is 0 Å². The van der Waals surface area contributed by atoms with E-state index < -0.39 is 48.6 Å². The van der Waals surface area contributed by atoms with Crippen LogP contribution < -0.4 is 20.8 Å². The number of alkyl carbamates (subject to hydrolysis) is 2. The first-order valence-corrected chi connectivity index (χ1v) is 16.7. The van der Waals surface area contributed by atoms with Crippen molar-refractivity contribution in [3.05, 3.63) is 0 Å². The summed E-state index contributed by atoms with van der Waals surface area (Å²) in [5.74, 6) is -4.13. The molecule has 0 aromatic rings. The molecule has 0 aromatic carbocycles. The molecule has 2 amide bonds. The smallest absolute Gasteiger partial charge is 0.550 e. The van der Waals surface area contributed by atoms with Gasteiger partial charge in [0.2, 0.25) is 0 Å². The van der Waals surface area contributed by atoms with Gasteiger partial charge in [0.25, 0.3) is 12.6 Å². The molecule has 0 rings (SSSR count). The van der Waals surface area contributed by atoms with Gasteiger partial charge in [0.15, 0.2) is 0 Å². The molecule has 0 aliphatic carbocycles. The molecule has 0 aliphatic rings. The maximum Gasteiger partial charge on any atom is 2.00 e. The summed E-state index contributed by atoms with van der Waals surface area (Å²) in [6.07, 6.45) is -2.42. The largest absolute Gasteiger partial charge is 2.00 e. The van der Waals surface area contributed by atoms with Gasteiger partial charge >= 0.3 is 61.9 Å². The van der Waals surface area contributed by atoms with Gasteiger partial charge in [0.05, 0.1) is 11.8 Å². The molecule has 49 heavy (non-hydrogen) atoms. The Morgan fingerprint density at radius 2 is 0.796 bits per heavy atom. The summed E-state index contributed by atoms with van der Waals surface area (Å²) in [4.78, 5) is 68.6. The van der Waals surface area contributed by atoms with Gasteiger partial charge < -0.3 is 49.4 Å². The van der Waals surface area contributed by atoms with E-state index in [4.69, 9.17) is 18.9 Å². The van der Waals surface area contributed by atoms with Crippen LogP contribution in [0.25, 0.3) is 0 Å². The summed E-state index contributed by atoms with van der Waals surface area (Å²) in [5.41, 5.74) is 0. The number of aliphatic carboxylic acids is 2. The van der Waals surface area contributed by atoms with E-state index >= 15 is 0 Å². The topological polar surface area (TPSA) is 210 Å². The van der Waals surface area contributed by atoms with Crippen molar-refractivity contribution in [1.82, 2.24) is 10.6 Å². The number of carbonyl (C=O) groups excluding carboxylic acids is 6. The first kappa shape index (κ1) is 51.1. The summed E-state index contributed by atoms with van der Waals surface area (Å²) in [6, 6.07) is 0. The molecule has 4 atom stereocenters. The first-order valence-electron chi connectivity index (χ1n) is 16.7. The molecule has 0 unspecified atom stereocenters. The van der Waals surface area contributed by atoms with Crippen molar-refractivity contribution in [3.63, 3.8) is 0 Å². The quantitative estimate of drug-likeness (QED) is 0.105. The number of carbonyl (C=O) groups is 6. The number of rotatable bonds is 20. The van der Waals surface area contributed by atoms with Crippen molar-refractivity contribution in [1.29, 1.82) is 0 Å². The van der Waals surface area contributed by atoms with E-state index in [9.17, 15) is 39.0 Å². The van der Waals surface area contributed by atoms with Gasteiger partial charge in [0, 0.05) is 36.9 Å². The van der Waals surface area contributed by atoms with Gasteiger partial charge in [0.1, 0.15) is 0 Å². The van der Waals surface area contributed by atoms with Crippen molar-refractivity contribution >= 4 is 73.8 Å². The van der Waals surface area contributed by atoms with Gasteiger partial charge in [-0.3, -0.25) is 9.59 Å². The third kappa shape index (κ3) is 28.1. The van der Waals surface area contributed by atoms with E-state index in [2.05, 4.69) is 10.6 Å². The average molecular weight is 729 g/mol. The summed E-state index contributed by atoms with van der Waals surface area (Å²) < 4.78 is 20.6. The molecule has 2 N–H and O–H groups in total. The number of esters is 2. The molecule has 15 heteroatoms. The molecular weight excluding hydrogens is 668 g/mol. The van der Waals surface area contributed by atoms with E-state index in [1.54, 1.807) is 55.4 Å². The van der Waals surface area contributed by atoms with E-state index in [0.717, 1.165) is 0 Å². The Morgan fingerprint density at radius 1 is 0.510 bits per heavy atom. The van der Waals surface area contributed by atoms with Crippen molar-refractivity contribution in [2.75, 3.05) is 13.1 Å². The van der Waals surface area contributed by atoms with Crippen LogP contribution in [-0.4, -0.2) is 99.5 Å². The molecule has 280 valence electrons. The van der Waals surface area contributed by atoms with Crippen LogP contribution in [0.1, 0.15) is 109 Å². The summed E-state index contributed by atoms with van der Waals surface area (Å²) in [7, 11) is 0. The Labute approximate surface area is 322 Å². The molecule has 0 saturated heterocycles. The van der Waals surface area contributed by atoms with Gasteiger partial charge in [-0.25, -0.2) is 9.59 Å².